The molecule has 5 heteroatoms. The zero-order valence-electron chi connectivity index (χ0n) is 8.18. The number of carboxylic acids is 1. The predicted octanol–water partition coefficient (Wildman–Crippen LogP) is 1.27. The third-order valence-corrected chi connectivity index (χ3v) is 2.94. The van der Waals surface area contributed by atoms with E-state index in [0.29, 0.717) is 19.3 Å². The van der Waals surface area contributed by atoms with Crippen molar-refractivity contribution < 1.29 is 14.7 Å². The van der Waals surface area contributed by atoms with Crippen molar-refractivity contribution in [1.29, 1.82) is 0 Å². The largest absolute Gasteiger partial charge is 0.481 e. The van der Waals surface area contributed by atoms with E-state index >= 15 is 0 Å². The fourth-order valence-corrected chi connectivity index (χ4v) is 2.10. The van der Waals surface area contributed by atoms with Crippen LogP contribution >= 0.6 is 11.3 Å². The van der Waals surface area contributed by atoms with Crippen LogP contribution in [0.2, 0.25) is 0 Å². The highest BCUT2D eigenvalue weighted by atomic mass is 32.1. The second-order valence-corrected chi connectivity index (χ2v) is 4.23. The molecular formula is C10H13NO3S. The molecule has 1 rings (SSSR count). The van der Waals surface area contributed by atoms with Gasteiger partial charge in [-0.25, -0.2) is 0 Å². The summed E-state index contributed by atoms with van der Waals surface area (Å²) in [4.78, 5) is 21.9. The lowest BCUT2D eigenvalue weighted by Gasteiger charge is -2.13. The second-order valence-electron chi connectivity index (χ2n) is 3.20. The van der Waals surface area contributed by atoms with Crippen LogP contribution in [0.25, 0.3) is 0 Å². The van der Waals surface area contributed by atoms with Crippen LogP contribution in [0.3, 0.4) is 0 Å². The van der Waals surface area contributed by atoms with Crippen molar-refractivity contribution in [2.75, 3.05) is 0 Å². The maximum absolute atomic E-state index is 10.4. The number of rotatable bonds is 7. The Kier molecular flexibility index (Phi) is 4.83. The van der Waals surface area contributed by atoms with Gasteiger partial charge < -0.3 is 10.4 Å². The quantitative estimate of drug-likeness (QED) is 0.689. The third kappa shape index (κ3) is 4.60. The average molecular weight is 227 g/mol. The van der Waals surface area contributed by atoms with Gasteiger partial charge in [-0.1, -0.05) is 6.07 Å². The molecule has 0 spiro atoms. The fraction of sp³-hybridized carbons (Fsp3) is 0.400. The summed E-state index contributed by atoms with van der Waals surface area (Å²) in [6.45, 7) is 0. The van der Waals surface area contributed by atoms with Crippen LogP contribution in [0.1, 0.15) is 17.7 Å². The van der Waals surface area contributed by atoms with Crippen molar-refractivity contribution in [3.8, 4) is 0 Å². The minimum absolute atomic E-state index is 0.0802. The minimum atomic E-state index is -0.834. The molecule has 0 radical (unpaired) electrons. The van der Waals surface area contributed by atoms with Crippen molar-refractivity contribution in [3.63, 3.8) is 0 Å². The van der Waals surface area contributed by atoms with Gasteiger partial charge in [-0.2, -0.15) is 0 Å². The van der Waals surface area contributed by atoms with Crippen LogP contribution in [-0.4, -0.2) is 23.5 Å². The summed E-state index contributed by atoms with van der Waals surface area (Å²) in [5, 5.41) is 13.1. The Balaban J connectivity index is 2.42. The molecule has 0 aliphatic carbocycles. The smallest absolute Gasteiger partial charge is 0.303 e. The summed E-state index contributed by atoms with van der Waals surface area (Å²) in [5.74, 6) is -0.834. The van der Waals surface area contributed by atoms with Gasteiger partial charge in [0.1, 0.15) is 0 Å². The van der Waals surface area contributed by atoms with Gasteiger partial charge in [-0.15, -0.1) is 11.3 Å². The maximum Gasteiger partial charge on any atom is 0.303 e. The van der Waals surface area contributed by atoms with Gasteiger partial charge in [0.15, 0.2) is 0 Å². The highest BCUT2D eigenvalue weighted by molar-refractivity contribution is 7.09. The Morgan fingerprint density at radius 2 is 2.47 bits per heavy atom. The lowest BCUT2D eigenvalue weighted by atomic mass is 10.1. The molecule has 1 aromatic rings. The van der Waals surface area contributed by atoms with Crippen LogP contribution in [-0.2, 0) is 16.0 Å². The minimum Gasteiger partial charge on any atom is -0.481 e. The Labute approximate surface area is 91.9 Å². The van der Waals surface area contributed by atoms with Gasteiger partial charge in [0.25, 0.3) is 0 Å². The van der Waals surface area contributed by atoms with Crippen molar-refractivity contribution >= 4 is 23.7 Å². The highest BCUT2D eigenvalue weighted by Crippen LogP contribution is 2.13. The first-order valence-electron chi connectivity index (χ1n) is 4.66. The number of thiophene rings is 1. The summed E-state index contributed by atoms with van der Waals surface area (Å²) in [6.07, 6.45) is 1.87. The number of carbonyl (C=O) groups is 2. The molecule has 82 valence electrons. The van der Waals surface area contributed by atoms with Gasteiger partial charge in [0, 0.05) is 23.8 Å². The number of amides is 1. The van der Waals surface area contributed by atoms with E-state index in [1.165, 1.54) is 0 Å². The van der Waals surface area contributed by atoms with Crippen LogP contribution in [0.5, 0.6) is 0 Å². The average Bonchev–Trinajstić information content (AvgIpc) is 2.67. The van der Waals surface area contributed by atoms with E-state index in [-0.39, 0.29) is 12.5 Å². The first kappa shape index (κ1) is 11.7. The molecule has 1 amide bonds. The molecule has 1 heterocycles. The number of hydrogen-bond donors (Lipinski definition) is 2. The zero-order chi connectivity index (χ0) is 11.1. The van der Waals surface area contributed by atoms with Crippen molar-refractivity contribution in [3.05, 3.63) is 22.4 Å². The van der Waals surface area contributed by atoms with Crippen molar-refractivity contribution in [1.82, 2.24) is 5.32 Å². The van der Waals surface area contributed by atoms with Crippen LogP contribution in [0.15, 0.2) is 17.5 Å². The van der Waals surface area contributed by atoms with Gasteiger partial charge >= 0.3 is 5.97 Å². The molecule has 0 bridgehead atoms. The Morgan fingerprint density at radius 1 is 1.67 bits per heavy atom. The molecule has 0 aromatic carbocycles. The molecule has 1 unspecified atom stereocenters. The molecular weight excluding hydrogens is 214 g/mol. The van der Waals surface area contributed by atoms with Crippen LogP contribution in [0, 0.1) is 0 Å². The zero-order valence-corrected chi connectivity index (χ0v) is 9.00. The molecule has 0 fully saturated rings. The second kappa shape index (κ2) is 6.19. The number of carbonyl (C=O) groups excluding carboxylic acids is 1. The Bertz CT molecular complexity index is 310. The van der Waals surface area contributed by atoms with E-state index in [4.69, 9.17) is 5.11 Å². The number of carboxylic acid groups (broad SMARTS) is 1. The van der Waals surface area contributed by atoms with Crippen molar-refractivity contribution in [2.45, 2.75) is 25.3 Å². The molecule has 1 aromatic heterocycles. The summed E-state index contributed by atoms with van der Waals surface area (Å²) in [6, 6.07) is 3.83. The fourth-order valence-electron chi connectivity index (χ4n) is 1.31. The van der Waals surface area contributed by atoms with E-state index < -0.39 is 5.97 Å². The molecule has 0 saturated carbocycles. The SMILES string of the molecule is O=CNC(CCC(=O)O)Cc1cccs1. The molecule has 15 heavy (non-hydrogen) atoms. The summed E-state index contributed by atoms with van der Waals surface area (Å²) in [7, 11) is 0. The first-order valence-corrected chi connectivity index (χ1v) is 5.54. The number of hydrogen-bond acceptors (Lipinski definition) is 3. The summed E-state index contributed by atoms with van der Waals surface area (Å²) >= 11 is 1.61. The summed E-state index contributed by atoms with van der Waals surface area (Å²) < 4.78 is 0. The topological polar surface area (TPSA) is 66.4 Å². The number of nitrogens with one attached hydrogen (secondary N) is 1. The molecule has 0 aliphatic rings. The standard InChI is InChI=1S/C10H13NO3S/c12-7-11-8(3-4-10(13)14)6-9-2-1-5-15-9/h1-2,5,7-8H,3-4,6H2,(H,11,12)(H,13,14). The number of aliphatic carboxylic acids is 1. The van der Waals surface area contributed by atoms with E-state index in [1.54, 1.807) is 11.3 Å². The highest BCUT2D eigenvalue weighted by Gasteiger charge is 2.11. The molecule has 0 aliphatic heterocycles. The van der Waals surface area contributed by atoms with E-state index in [0.717, 1.165) is 4.88 Å². The van der Waals surface area contributed by atoms with E-state index in [1.807, 2.05) is 17.5 Å². The van der Waals surface area contributed by atoms with Crippen LogP contribution in [0.4, 0.5) is 0 Å². The monoisotopic (exact) mass is 227 g/mol. The molecule has 0 saturated heterocycles. The summed E-state index contributed by atoms with van der Waals surface area (Å²) in [5.41, 5.74) is 0. The third-order valence-electron chi connectivity index (χ3n) is 2.04. The van der Waals surface area contributed by atoms with Crippen molar-refractivity contribution in [2.24, 2.45) is 0 Å². The lowest BCUT2D eigenvalue weighted by molar-refractivity contribution is -0.137. The maximum atomic E-state index is 10.4. The van der Waals surface area contributed by atoms with E-state index in [9.17, 15) is 9.59 Å². The Morgan fingerprint density at radius 3 is 3.00 bits per heavy atom. The normalized spacial score (nSPS) is 12.0. The van der Waals surface area contributed by atoms with Crippen LogP contribution < -0.4 is 5.32 Å². The molecule has 2 N–H and O–H groups in total. The van der Waals surface area contributed by atoms with Gasteiger partial charge in [0.2, 0.25) is 6.41 Å². The van der Waals surface area contributed by atoms with Gasteiger partial charge in [-0.05, 0) is 17.9 Å². The molecule has 1 atom stereocenters. The van der Waals surface area contributed by atoms with Gasteiger partial charge in [-0.3, -0.25) is 9.59 Å². The van der Waals surface area contributed by atoms with E-state index in [2.05, 4.69) is 5.32 Å². The Hall–Kier alpha value is -1.36. The lowest BCUT2D eigenvalue weighted by Crippen LogP contribution is -2.30. The first-order chi connectivity index (χ1) is 7.22. The van der Waals surface area contributed by atoms with Gasteiger partial charge in [0.05, 0.1) is 0 Å². The predicted molar refractivity (Wildman–Crippen MR) is 57.9 cm³/mol. The molecule has 4 nitrogen and oxygen atoms in total.